The van der Waals surface area contributed by atoms with Crippen LogP contribution in [-0.4, -0.2) is 39.2 Å². The highest BCUT2D eigenvalue weighted by Gasteiger charge is 2.42. The molecule has 92 valence electrons. The van der Waals surface area contributed by atoms with Crippen LogP contribution in [0.1, 0.15) is 26.2 Å². The highest BCUT2D eigenvalue weighted by molar-refractivity contribution is 5.81. The van der Waals surface area contributed by atoms with Gasteiger partial charge in [0.1, 0.15) is 5.82 Å². The summed E-state index contributed by atoms with van der Waals surface area (Å²) in [6.45, 7) is 3.88. The van der Waals surface area contributed by atoms with Crippen LogP contribution >= 0.6 is 0 Å². The Bertz CT molecular complexity index is 428. The van der Waals surface area contributed by atoms with Gasteiger partial charge >= 0.3 is 0 Å². The predicted molar refractivity (Wildman–Crippen MR) is 64.7 cm³/mol. The van der Waals surface area contributed by atoms with E-state index in [0.717, 1.165) is 31.7 Å². The lowest BCUT2D eigenvalue weighted by atomic mass is 10.1. The topological polar surface area (TPSA) is 50.2 Å². The molecule has 0 bridgehead atoms. The van der Waals surface area contributed by atoms with Crippen LogP contribution in [0, 0.1) is 0 Å². The molecule has 1 N–H and O–H groups in total. The molecule has 0 aliphatic carbocycles. The van der Waals surface area contributed by atoms with Crippen LogP contribution in [0.5, 0.6) is 0 Å². The average molecular weight is 234 g/mol. The first-order chi connectivity index (χ1) is 8.28. The van der Waals surface area contributed by atoms with Crippen LogP contribution < -0.4 is 5.32 Å². The molecule has 0 aromatic carbocycles. The van der Waals surface area contributed by atoms with Crippen molar-refractivity contribution >= 4 is 11.7 Å². The minimum atomic E-state index is 0.241. The van der Waals surface area contributed by atoms with Gasteiger partial charge in [-0.2, -0.15) is 5.10 Å². The van der Waals surface area contributed by atoms with Gasteiger partial charge in [0.2, 0.25) is 5.91 Å². The Kier molecular flexibility index (Phi) is 2.53. The molecular formula is C12H18N4O. The molecule has 2 aliphatic heterocycles. The Morgan fingerprint density at radius 2 is 2.47 bits per heavy atom. The number of rotatable bonds is 3. The zero-order valence-electron chi connectivity index (χ0n) is 10.1. The van der Waals surface area contributed by atoms with Gasteiger partial charge in [0, 0.05) is 31.8 Å². The van der Waals surface area contributed by atoms with Crippen molar-refractivity contribution in [2.75, 3.05) is 11.9 Å². The second-order valence-electron chi connectivity index (χ2n) is 4.81. The van der Waals surface area contributed by atoms with Gasteiger partial charge in [-0.15, -0.1) is 0 Å². The molecule has 2 aliphatic rings. The molecule has 0 saturated carbocycles. The van der Waals surface area contributed by atoms with E-state index in [1.54, 1.807) is 0 Å². The number of anilines is 1. The van der Waals surface area contributed by atoms with Gasteiger partial charge in [-0.25, -0.2) is 0 Å². The monoisotopic (exact) mass is 234 g/mol. The number of aromatic nitrogens is 2. The Morgan fingerprint density at radius 1 is 1.59 bits per heavy atom. The fourth-order valence-electron chi connectivity index (χ4n) is 2.91. The second kappa shape index (κ2) is 4.05. The smallest absolute Gasteiger partial charge is 0.225 e. The number of nitrogens with zero attached hydrogens (tertiary/aromatic N) is 3. The number of aryl methyl sites for hydroxylation is 1. The number of carbonyl (C=O) groups excluding carboxylic acids is 1. The lowest BCUT2D eigenvalue weighted by Gasteiger charge is -2.20. The zero-order chi connectivity index (χ0) is 11.8. The van der Waals surface area contributed by atoms with E-state index in [9.17, 15) is 4.79 Å². The summed E-state index contributed by atoms with van der Waals surface area (Å²) < 4.78 is 1.89. The summed E-state index contributed by atoms with van der Waals surface area (Å²) >= 11 is 0. The Morgan fingerprint density at radius 3 is 3.24 bits per heavy atom. The third kappa shape index (κ3) is 1.79. The Balaban J connectivity index is 1.71. The normalized spacial score (nSPS) is 27.6. The number of hydrogen-bond acceptors (Lipinski definition) is 3. The Hall–Kier alpha value is -1.52. The standard InChI is InChI=1S/C12H18N4O/c1-2-15-7-5-11(14-15)13-9-8-12(17)16-6-3-4-10(9)16/h5,7,9-10H,2-4,6,8H2,1H3,(H,13,14). The maximum absolute atomic E-state index is 11.8. The van der Waals surface area contributed by atoms with Crippen LogP contribution in [0.4, 0.5) is 5.82 Å². The second-order valence-corrected chi connectivity index (χ2v) is 4.81. The zero-order valence-corrected chi connectivity index (χ0v) is 10.1. The molecule has 1 aromatic rings. The minimum absolute atomic E-state index is 0.241. The van der Waals surface area contributed by atoms with Crippen molar-refractivity contribution in [1.82, 2.24) is 14.7 Å². The van der Waals surface area contributed by atoms with E-state index in [-0.39, 0.29) is 6.04 Å². The van der Waals surface area contributed by atoms with Gasteiger partial charge < -0.3 is 10.2 Å². The molecule has 5 nitrogen and oxygen atoms in total. The summed E-state index contributed by atoms with van der Waals surface area (Å²) in [5.41, 5.74) is 0. The number of fused-ring (bicyclic) bond motifs is 1. The van der Waals surface area contributed by atoms with Crippen LogP contribution in [0.25, 0.3) is 0 Å². The van der Waals surface area contributed by atoms with Gasteiger partial charge in [0.25, 0.3) is 0 Å². The Labute approximate surface area is 101 Å². The van der Waals surface area contributed by atoms with E-state index in [1.165, 1.54) is 0 Å². The fourth-order valence-corrected chi connectivity index (χ4v) is 2.91. The molecule has 5 heteroatoms. The molecule has 1 aromatic heterocycles. The molecule has 17 heavy (non-hydrogen) atoms. The molecule has 2 fully saturated rings. The van der Waals surface area contributed by atoms with E-state index >= 15 is 0 Å². The fraction of sp³-hybridized carbons (Fsp3) is 0.667. The molecule has 1 amide bonds. The number of nitrogens with one attached hydrogen (secondary N) is 1. The third-order valence-electron chi connectivity index (χ3n) is 3.78. The molecule has 0 spiro atoms. The van der Waals surface area contributed by atoms with Gasteiger partial charge in [-0.3, -0.25) is 9.48 Å². The largest absolute Gasteiger partial charge is 0.363 e. The van der Waals surface area contributed by atoms with Gasteiger partial charge in [-0.1, -0.05) is 0 Å². The summed E-state index contributed by atoms with van der Waals surface area (Å²) in [5.74, 6) is 1.18. The molecule has 3 heterocycles. The first kappa shape index (κ1) is 10.6. The molecular weight excluding hydrogens is 216 g/mol. The van der Waals surface area contributed by atoms with E-state index in [4.69, 9.17) is 0 Å². The minimum Gasteiger partial charge on any atom is -0.363 e. The van der Waals surface area contributed by atoms with Gasteiger partial charge in [-0.05, 0) is 19.8 Å². The molecule has 0 radical (unpaired) electrons. The predicted octanol–water partition coefficient (Wildman–Crippen LogP) is 1.08. The van der Waals surface area contributed by atoms with Crippen molar-refractivity contribution in [1.29, 1.82) is 0 Å². The summed E-state index contributed by atoms with van der Waals surface area (Å²) in [7, 11) is 0. The van der Waals surface area contributed by atoms with Gasteiger partial charge in [0.05, 0.1) is 12.1 Å². The summed E-state index contributed by atoms with van der Waals surface area (Å²) in [4.78, 5) is 13.8. The van der Waals surface area contributed by atoms with Crippen molar-refractivity contribution < 1.29 is 4.79 Å². The molecule has 2 atom stereocenters. The van der Waals surface area contributed by atoms with Crippen LogP contribution in [0.15, 0.2) is 12.3 Å². The average Bonchev–Trinajstić information content (AvgIpc) is 3.00. The summed E-state index contributed by atoms with van der Waals surface area (Å²) in [5, 5.41) is 7.81. The van der Waals surface area contributed by atoms with Crippen LogP contribution in [-0.2, 0) is 11.3 Å². The molecule has 2 unspecified atom stereocenters. The lowest BCUT2D eigenvalue weighted by Crippen LogP contribution is -2.34. The maximum Gasteiger partial charge on any atom is 0.225 e. The van der Waals surface area contributed by atoms with Crippen molar-refractivity contribution in [2.24, 2.45) is 0 Å². The summed E-state index contributed by atoms with van der Waals surface area (Å²) in [6, 6.07) is 2.60. The number of carbonyl (C=O) groups is 1. The van der Waals surface area contributed by atoms with Crippen molar-refractivity contribution in [3.05, 3.63) is 12.3 Å². The number of hydrogen-bond donors (Lipinski definition) is 1. The SMILES string of the molecule is CCn1ccc(NC2CC(=O)N3CCCC23)n1. The van der Waals surface area contributed by atoms with E-state index < -0.39 is 0 Å². The quantitative estimate of drug-likeness (QED) is 0.851. The third-order valence-corrected chi connectivity index (χ3v) is 3.78. The van der Waals surface area contributed by atoms with E-state index in [0.29, 0.717) is 18.4 Å². The van der Waals surface area contributed by atoms with E-state index in [1.807, 2.05) is 21.8 Å². The van der Waals surface area contributed by atoms with E-state index in [2.05, 4.69) is 17.3 Å². The highest BCUT2D eigenvalue weighted by Crippen LogP contribution is 2.30. The van der Waals surface area contributed by atoms with Crippen molar-refractivity contribution in [3.63, 3.8) is 0 Å². The van der Waals surface area contributed by atoms with Crippen molar-refractivity contribution in [3.8, 4) is 0 Å². The first-order valence-electron chi connectivity index (χ1n) is 6.37. The number of amides is 1. The van der Waals surface area contributed by atoms with Gasteiger partial charge in [0.15, 0.2) is 0 Å². The van der Waals surface area contributed by atoms with Crippen LogP contribution in [0.2, 0.25) is 0 Å². The summed E-state index contributed by atoms with van der Waals surface area (Å²) in [6.07, 6.45) is 4.84. The molecule has 2 saturated heterocycles. The van der Waals surface area contributed by atoms with Crippen LogP contribution in [0.3, 0.4) is 0 Å². The maximum atomic E-state index is 11.8. The lowest BCUT2D eigenvalue weighted by molar-refractivity contribution is -0.127. The highest BCUT2D eigenvalue weighted by atomic mass is 16.2. The molecule has 3 rings (SSSR count). The van der Waals surface area contributed by atoms with Crippen molar-refractivity contribution in [2.45, 2.75) is 44.8 Å². The first-order valence-corrected chi connectivity index (χ1v) is 6.37.